The van der Waals surface area contributed by atoms with E-state index in [1.54, 1.807) is 12.1 Å². The number of benzene rings is 3. The minimum absolute atomic E-state index is 0.0309. The highest BCUT2D eigenvalue weighted by molar-refractivity contribution is 5.92. The summed E-state index contributed by atoms with van der Waals surface area (Å²) < 4.78 is 37.3. The molecule has 3 rings (SSSR count). The van der Waals surface area contributed by atoms with E-state index in [1.807, 2.05) is 50.2 Å². The predicted octanol–water partition coefficient (Wildman–Crippen LogP) is 11.2. The fourth-order valence-electron chi connectivity index (χ4n) is 5.50. The van der Waals surface area contributed by atoms with Crippen molar-refractivity contribution >= 4 is 11.9 Å². The zero-order valence-corrected chi connectivity index (χ0v) is 29.4. The van der Waals surface area contributed by atoms with Crippen LogP contribution in [0.1, 0.15) is 132 Å². The van der Waals surface area contributed by atoms with Gasteiger partial charge in [-0.15, -0.1) is 0 Å². The van der Waals surface area contributed by atoms with Crippen LogP contribution in [0, 0.1) is 5.82 Å². The van der Waals surface area contributed by atoms with Crippen molar-refractivity contribution in [2.45, 2.75) is 123 Å². The number of rotatable bonds is 23. The van der Waals surface area contributed by atoms with E-state index in [4.69, 9.17) is 18.9 Å². The molecule has 0 N–H and O–H groups in total. The third-order valence-corrected chi connectivity index (χ3v) is 8.42. The van der Waals surface area contributed by atoms with Crippen LogP contribution in [0.5, 0.6) is 11.5 Å². The Morgan fingerprint density at radius 1 is 0.688 bits per heavy atom. The van der Waals surface area contributed by atoms with Crippen LogP contribution in [0.4, 0.5) is 4.39 Å². The molecule has 262 valence electrons. The summed E-state index contributed by atoms with van der Waals surface area (Å²) in [5.74, 6) is -1.62. The Bertz CT molecular complexity index is 1350. The van der Waals surface area contributed by atoms with Gasteiger partial charge in [0.05, 0.1) is 29.9 Å². The fraction of sp³-hybridized carbons (Fsp3) is 0.512. The molecule has 7 heteroatoms. The molecule has 2 atom stereocenters. The van der Waals surface area contributed by atoms with Gasteiger partial charge in [-0.2, -0.15) is 0 Å². The Morgan fingerprint density at radius 2 is 1.27 bits per heavy atom. The molecule has 0 radical (unpaired) electrons. The first-order valence-corrected chi connectivity index (χ1v) is 18.0. The van der Waals surface area contributed by atoms with Gasteiger partial charge in [-0.25, -0.2) is 14.0 Å². The van der Waals surface area contributed by atoms with Gasteiger partial charge >= 0.3 is 11.9 Å². The molecule has 0 aromatic heterocycles. The summed E-state index contributed by atoms with van der Waals surface area (Å²) >= 11 is 0. The zero-order chi connectivity index (χ0) is 34.6. The van der Waals surface area contributed by atoms with Gasteiger partial charge in [0.1, 0.15) is 12.4 Å². The summed E-state index contributed by atoms with van der Waals surface area (Å²) in [5, 5.41) is 0. The Balaban J connectivity index is 1.41. The van der Waals surface area contributed by atoms with Crippen LogP contribution < -0.4 is 9.47 Å². The predicted molar refractivity (Wildman–Crippen MR) is 190 cm³/mol. The molecular weight excluding hydrogens is 607 g/mol. The molecule has 1 unspecified atom stereocenters. The first-order chi connectivity index (χ1) is 23.3. The molecular formula is C41H55FO6. The van der Waals surface area contributed by atoms with Gasteiger partial charge in [0.15, 0.2) is 11.6 Å². The van der Waals surface area contributed by atoms with Crippen LogP contribution in [0.3, 0.4) is 0 Å². The topological polar surface area (TPSA) is 71.1 Å². The zero-order valence-electron chi connectivity index (χ0n) is 29.4. The number of carbonyl (C=O) groups is 2. The molecule has 3 aromatic rings. The number of esters is 2. The number of hydrogen-bond acceptors (Lipinski definition) is 6. The van der Waals surface area contributed by atoms with Crippen molar-refractivity contribution in [2.75, 3.05) is 13.2 Å². The second kappa shape index (κ2) is 22.0. The lowest BCUT2D eigenvalue weighted by Gasteiger charge is -2.21. The normalized spacial score (nSPS) is 12.4. The summed E-state index contributed by atoms with van der Waals surface area (Å²) in [5.41, 5.74) is 2.23. The molecule has 0 fully saturated rings. The highest BCUT2D eigenvalue weighted by Gasteiger charge is 2.18. The quantitative estimate of drug-likeness (QED) is 0.0572. The van der Waals surface area contributed by atoms with Gasteiger partial charge < -0.3 is 18.9 Å². The Morgan fingerprint density at radius 3 is 1.85 bits per heavy atom. The second-order valence-electron chi connectivity index (χ2n) is 12.5. The van der Waals surface area contributed by atoms with Crippen molar-refractivity contribution in [3.8, 4) is 22.6 Å². The minimum atomic E-state index is -0.829. The first kappa shape index (κ1) is 38.7. The molecule has 0 saturated heterocycles. The van der Waals surface area contributed by atoms with E-state index in [9.17, 15) is 14.0 Å². The largest absolute Gasteiger partial charge is 0.494 e. The third kappa shape index (κ3) is 13.8. The highest BCUT2D eigenvalue weighted by Crippen LogP contribution is 2.25. The summed E-state index contributed by atoms with van der Waals surface area (Å²) in [4.78, 5) is 25.3. The highest BCUT2D eigenvalue weighted by atomic mass is 19.1. The van der Waals surface area contributed by atoms with Gasteiger partial charge in [-0.05, 0) is 79.8 Å². The van der Waals surface area contributed by atoms with Gasteiger partial charge in [-0.3, -0.25) is 0 Å². The number of unbranched alkanes of at least 4 members (excludes halogenated alkanes) is 9. The average molecular weight is 663 g/mol. The van der Waals surface area contributed by atoms with E-state index >= 15 is 0 Å². The first-order valence-electron chi connectivity index (χ1n) is 18.0. The smallest absolute Gasteiger partial charge is 0.343 e. The molecule has 0 aliphatic carbocycles. The van der Waals surface area contributed by atoms with Crippen molar-refractivity contribution < 1.29 is 32.9 Å². The Hall–Kier alpha value is -3.71. The van der Waals surface area contributed by atoms with E-state index in [0.29, 0.717) is 13.0 Å². The van der Waals surface area contributed by atoms with Gasteiger partial charge in [0.25, 0.3) is 0 Å². The number of halogens is 1. The maximum Gasteiger partial charge on any atom is 0.343 e. The van der Waals surface area contributed by atoms with Crippen molar-refractivity contribution in [2.24, 2.45) is 0 Å². The van der Waals surface area contributed by atoms with E-state index < -0.39 is 17.8 Å². The van der Waals surface area contributed by atoms with Crippen LogP contribution in [0.2, 0.25) is 0 Å². The lowest BCUT2D eigenvalue weighted by atomic mass is 10.0. The van der Waals surface area contributed by atoms with Crippen molar-refractivity contribution in [1.82, 2.24) is 0 Å². The average Bonchev–Trinajstić information content (AvgIpc) is 3.10. The molecule has 0 spiro atoms. The molecule has 0 amide bonds. The molecule has 0 bridgehead atoms. The van der Waals surface area contributed by atoms with E-state index in [-0.39, 0.29) is 35.7 Å². The summed E-state index contributed by atoms with van der Waals surface area (Å²) in [6, 6.07) is 18.5. The molecule has 0 saturated carbocycles. The van der Waals surface area contributed by atoms with E-state index in [1.165, 1.54) is 69.9 Å². The molecule has 0 aliphatic heterocycles. The third-order valence-electron chi connectivity index (χ3n) is 8.42. The summed E-state index contributed by atoms with van der Waals surface area (Å²) in [6.07, 6.45) is 15.4. The molecule has 0 aliphatic rings. The standard InChI is InChI=1S/C41H55FO6/c1-5-8-9-10-11-12-13-14-15-16-28-45-37-25-22-33(23-26-37)32-18-20-34(21-19-32)41(44)48-39-27-24-35(29-38(39)42)40(43)46-30-36(7-3)47-31(4)17-6-2/h18-27,29,31,36H,5-17,28,30H2,1-4H3/t31?,36-/m0/s1. The Labute approximate surface area is 287 Å². The van der Waals surface area contributed by atoms with Crippen LogP contribution in [0.25, 0.3) is 11.1 Å². The number of hydrogen-bond donors (Lipinski definition) is 0. The maximum atomic E-state index is 14.8. The fourth-order valence-corrected chi connectivity index (χ4v) is 5.50. The molecule has 6 nitrogen and oxygen atoms in total. The van der Waals surface area contributed by atoms with Crippen molar-refractivity contribution in [3.05, 3.63) is 83.7 Å². The monoisotopic (exact) mass is 662 g/mol. The van der Waals surface area contributed by atoms with Crippen molar-refractivity contribution in [3.63, 3.8) is 0 Å². The van der Waals surface area contributed by atoms with E-state index in [0.717, 1.165) is 42.2 Å². The molecule has 3 aromatic carbocycles. The number of ether oxygens (including phenoxy) is 4. The maximum absolute atomic E-state index is 14.8. The molecule has 0 heterocycles. The van der Waals surface area contributed by atoms with Gasteiger partial charge in [0.2, 0.25) is 0 Å². The van der Waals surface area contributed by atoms with Crippen LogP contribution in [0.15, 0.2) is 66.7 Å². The Kier molecular flexibility index (Phi) is 17.8. The van der Waals surface area contributed by atoms with E-state index in [2.05, 4.69) is 13.8 Å². The number of carbonyl (C=O) groups excluding carboxylic acids is 2. The summed E-state index contributed by atoms with van der Waals surface area (Å²) in [7, 11) is 0. The minimum Gasteiger partial charge on any atom is -0.494 e. The van der Waals surface area contributed by atoms with Crippen LogP contribution in [-0.2, 0) is 9.47 Å². The SMILES string of the molecule is CCCCCCCCCCCCOc1ccc(-c2ccc(C(=O)Oc3ccc(C(=O)OC[C@H](CC)OC(C)CCC)cc3F)cc2)cc1. The molecule has 48 heavy (non-hydrogen) atoms. The van der Waals surface area contributed by atoms with Crippen LogP contribution in [-0.4, -0.2) is 37.4 Å². The van der Waals surface area contributed by atoms with Crippen molar-refractivity contribution in [1.29, 1.82) is 0 Å². The van der Waals surface area contributed by atoms with Gasteiger partial charge in [0, 0.05) is 0 Å². The second-order valence-corrected chi connectivity index (χ2v) is 12.5. The lowest BCUT2D eigenvalue weighted by molar-refractivity contribution is -0.0444. The van der Waals surface area contributed by atoms with Gasteiger partial charge in [-0.1, -0.05) is 109 Å². The lowest BCUT2D eigenvalue weighted by Crippen LogP contribution is -2.25. The summed E-state index contributed by atoms with van der Waals surface area (Å²) in [6.45, 7) is 9.08. The van der Waals surface area contributed by atoms with Crippen LogP contribution >= 0.6 is 0 Å².